The van der Waals surface area contributed by atoms with Gasteiger partial charge in [0.15, 0.2) is 4.96 Å². The Kier molecular flexibility index (Phi) is 3.68. The molecule has 0 radical (unpaired) electrons. The lowest BCUT2D eigenvalue weighted by molar-refractivity contribution is 0.0467. The molecule has 8 heteroatoms. The topological polar surface area (TPSA) is 73.6 Å². The summed E-state index contributed by atoms with van der Waals surface area (Å²) in [4.78, 5) is 32.2. The summed E-state index contributed by atoms with van der Waals surface area (Å²) < 4.78 is 6.54. The molecule has 0 atom stereocenters. The third-order valence-electron chi connectivity index (χ3n) is 2.67. The number of ether oxygens (including phenoxy) is 1. The third-order valence-corrected chi connectivity index (χ3v) is 3.65. The normalized spacial score (nSPS) is 10.7. The Labute approximate surface area is 127 Å². The van der Waals surface area contributed by atoms with Gasteiger partial charge in [-0.25, -0.2) is 14.8 Å². The molecule has 6 nitrogen and oxygen atoms in total. The van der Waals surface area contributed by atoms with Gasteiger partial charge in [-0.15, -0.1) is 11.3 Å². The van der Waals surface area contributed by atoms with Crippen LogP contribution in [0, 0.1) is 0 Å². The van der Waals surface area contributed by atoms with Gasteiger partial charge in [-0.2, -0.15) is 0 Å². The van der Waals surface area contributed by atoms with Crippen molar-refractivity contribution in [3.63, 3.8) is 0 Å². The Morgan fingerprint density at radius 1 is 1.43 bits per heavy atom. The maximum absolute atomic E-state index is 11.8. The Morgan fingerprint density at radius 3 is 3.05 bits per heavy atom. The zero-order valence-corrected chi connectivity index (χ0v) is 12.1. The SMILES string of the molecule is O=C(OCc1cc(=O)n2ccsc2n1)c1ccc(Cl)nc1. The molecular formula is C13H8ClN3O3S. The molecule has 0 N–H and O–H groups in total. The molecule has 0 aliphatic rings. The van der Waals surface area contributed by atoms with Gasteiger partial charge in [0.2, 0.25) is 0 Å². The number of hydrogen-bond donors (Lipinski definition) is 0. The zero-order valence-electron chi connectivity index (χ0n) is 10.5. The molecule has 0 bridgehead atoms. The lowest BCUT2D eigenvalue weighted by Crippen LogP contribution is -2.14. The van der Waals surface area contributed by atoms with Crippen molar-refractivity contribution in [2.45, 2.75) is 6.61 Å². The second-order valence-corrected chi connectivity index (χ2v) is 5.35. The second-order valence-electron chi connectivity index (χ2n) is 4.09. The lowest BCUT2D eigenvalue weighted by atomic mass is 10.3. The number of carbonyl (C=O) groups excluding carboxylic acids is 1. The number of halogens is 1. The van der Waals surface area contributed by atoms with E-state index in [1.807, 2.05) is 0 Å². The van der Waals surface area contributed by atoms with Gasteiger partial charge in [-0.05, 0) is 12.1 Å². The number of esters is 1. The molecule has 0 spiro atoms. The van der Waals surface area contributed by atoms with Gasteiger partial charge in [0, 0.05) is 23.8 Å². The molecule has 0 aliphatic carbocycles. The van der Waals surface area contributed by atoms with Crippen LogP contribution in [0.2, 0.25) is 5.15 Å². The summed E-state index contributed by atoms with van der Waals surface area (Å²) >= 11 is 6.98. The minimum absolute atomic E-state index is 0.0783. The van der Waals surface area contributed by atoms with E-state index < -0.39 is 5.97 Å². The van der Waals surface area contributed by atoms with E-state index in [-0.39, 0.29) is 17.7 Å². The largest absolute Gasteiger partial charge is 0.456 e. The molecule has 3 heterocycles. The highest BCUT2D eigenvalue weighted by Crippen LogP contribution is 2.09. The number of pyridine rings is 1. The van der Waals surface area contributed by atoms with Crippen LogP contribution in [0.25, 0.3) is 4.96 Å². The number of rotatable bonds is 3. The van der Waals surface area contributed by atoms with Crippen LogP contribution in [0.5, 0.6) is 0 Å². The van der Waals surface area contributed by atoms with E-state index in [0.29, 0.717) is 15.8 Å². The standard InChI is InChI=1S/C13H8ClN3O3S/c14-10-2-1-8(6-15-10)12(19)20-7-9-5-11(18)17-3-4-21-13(17)16-9/h1-6H,7H2. The molecule has 106 valence electrons. The summed E-state index contributed by atoms with van der Waals surface area (Å²) in [7, 11) is 0. The van der Waals surface area contributed by atoms with Crippen molar-refractivity contribution in [2.75, 3.05) is 0 Å². The van der Waals surface area contributed by atoms with Gasteiger partial charge in [0.25, 0.3) is 5.56 Å². The Morgan fingerprint density at radius 2 is 2.29 bits per heavy atom. The summed E-state index contributed by atoms with van der Waals surface area (Å²) in [6.07, 6.45) is 2.97. The van der Waals surface area contributed by atoms with E-state index >= 15 is 0 Å². The predicted octanol–water partition coefficient (Wildman–Crippen LogP) is 2.16. The van der Waals surface area contributed by atoms with Crippen LogP contribution in [0.1, 0.15) is 16.1 Å². The summed E-state index contributed by atoms with van der Waals surface area (Å²) in [5, 5.41) is 2.06. The lowest BCUT2D eigenvalue weighted by Gasteiger charge is -2.04. The number of fused-ring (bicyclic) bond motifs is 1. The van der Waals surface area contributed by atoms with Gasteiger partial charge >= 0.3 is 5.97 Å². The molecule has 0 amide bonds. The summed E-state index contributed by atoms with van der Waals surface area (Å²) in [5.41, 5.74) is 0.478. The highest BCUT2D eigenvalue weighted by atomic mass is 35.5. The first kappa shape index (κ1) is 13.7. The van der Waals surface area contributed by atoms with Crippen LogP contribution in [0.15, 0.2) is 40.8 Å². The number of hydrogen-bond acceptors (Lipinski definition) is 6. The van der Waals surface area contributed by atoms with E-state index in [1.54, 1.807) is 11.6 Å². The summed E-state index contributed by atoms with van der Waals surface area (Å²) in [6, 6.07) is 4.36. The number of thiazole rings is 1. The first-order valence-electron chi connectivity index (χ1n) is 5.88. The van der Waals surface area contributed by atoms with Crippen LogP contribution in [-0.4, -0.2) is 20.3 Å². The van der Waals surface area contributed by atoms with Crippen molar-refractivity contribution in [2.24, 2.45) is 0 Å². The number of aromatic nitrogens is 3. The average Bonchev–Trinajstić information content (AvgIpc) is 2.94. The number of carbonyl (C=O) groups is 1. The minimum Gasteiger partial charge on any atom is -0.456 e. The van der Waals surface area contributed by atoms with Crippen LogP contribution >= 0.6 is 22.9 Å². The quantitative estimate of drug-likeness (QED) is 0.546. The zero-order chi connectivity index (χ0) is 14.8. The molecule has 0 saturated heterocycles. The van der Waals surface area contributed by atoms with E-state index in [2.05, 4.69) is 9.97 Å². The molecule has 3 rings (SSSR count). The molecule has 0 saturated carbocycles. The number of nitrogens with zero attached hydrogens (tertiary/aromatic N) is 3. The predicted molar refractivity (Wildman–Crippen MR) is 77.7 cm³/mol. The maximum Gasteiger partial charge on any atom is 0.340 e. The van der Waals surface area contributed by atoms with Gasteiger partial charge in [-0.1, -0.05) is 11.6 Å². The Hall–Kier alpha value is -2.25. The van der Waals surface area contributed by atoms with E-state index in [9.17, 15) is 9.59 Å². The molecule has 0 aliphatic heterocycles. The van der Waals surface area contributed by atoms with Gasteiger partial charge in [0.05, 0.1) is 11.3 Å². The fourth-order valence-corrected chi connectivity index (χ4v) is 2.53. The van der Waals surface area contributed by atoms with Crippen molar-refractivity contribution < 1.29 is 9.53 Å². The van der Waals surface area contributed by atoms with Gasteiger partial charge in [-0.3, -0.25) is 9.20 Å². The highest BCUT2D eigenvalue weighted by molar-refractivity contribution is 7.15. The van der Waals surface area contributed by atoms with Crippen molar-refractivity contribution in [1.82, 2.24) is 14.4 Å². The summed E-state index contributed by atoms with van der Waals surface area (Å²) in [6.45, 7) is -0.0783. The van der Waals surface area contributed by atoms with Crippen LogP contribution < -0.4 is 5.56 Å². The summed E-state index contributed by atoms with van der Waals surface area (Å²) in [5.74, 6) is -0.549. The molecule has 3 aromatic rings. The van der Waals surface area contributed by atoms with Gasteiger partial charge in [0.1, 0.15) is 11.8 Å². The van der Waals surface area contributed by atoms with Crippen LogP contribution in [-0.2, 0) is 11.3 Å². The Balaban J connectivity index is 1.75. The van der Waals surface area contributed by atoms with E-state index in [0.717, 1.165) is 0 Å². The third kappa shape index (κ3) is 2.93. The van der Waals surface area contributed by atoms with Crippen molar-refractivity contribution in [3.8, 4) is 0 Å². The molecule has 0 fully saturated rings. The van der Waals surface area contributed by atoms with Crippen molar-refractivity contribution in [1.29, 1.82) is 0 Å². The maximum atomic E-state index is 11.8. The average molecular weight is 322 g/mol. The van der Waals surface area contributed by atoms with Crippen molar-refractivity contribution >= 4 is 33.9 Å². The van der Waals surface area contributed by atoms with Crippen LogP contribution in [0.4, 0.5) is 0 Å². The molecule has 3 aromatic heterocycles. The first-order chi connectivity index (χ1) is 10.1. The first-order valence-corrected chi connectivity index (χ1v) is 7.14. The molecular weight excluding hydrogens is 314 g/mol. The van der Waals surface area contributed by atoms with Crippen molar-refractivity contribution in [3.05, 3.63) is 62.7 Å². The minimum atomic E-state index is -0.549. The second kappa shape index (κ2) is 5.63. The smallest absolute Gasteiger partial charge is 0.340 e. The molecule has 0 aromatic carbocycles. The highest BCUT2D eigenvalue weighted by Gasteiger charge is 2.10. The van der Waals surface area contributed by atoms with Crippen LogP contribution in [0.3, 0.4) is 0 Å². The van der Waals surface area contributed by atoms with Gasteiger partial charge < -0.3 is 4.74 Å². The fourth-order valence-electron chi connectivity index (χ4n) is 1.68. The molecule has 21 heavy (non-hydrogen) atoms. The monoisotopic (exact) mass is 321 g/mol. The van der Waals surface area contributed by atoms with E-state index in [1.165, 1.54) is 40.1 Å². The molecule has 0 unspecified atom stereocenters. The Bertz CT molecular complexity index is 857. The fraction of sp³-hybridized carbons (Fsp3) is 0.0769. The van der Waals surface area contributed by atoms with E-state index in [4.69, 9.17) is 16.3 Å².